The maximum absolute atomic E-state index is 12.9. The van der Waals surface area contributed by atoms with E-state index >= 15 is 0 Å². The van der Waals surface area contributed by atoms with Crippen molar-refractivity contribution in [2.45, 2.75) is 29.0 Å². The second-order valence-electron chi connectivity index (χ2n) is 5.87. The van der Waals surface area contributed by atoms with Crippen molar-refractivity contribution in [3.63, 3.8) is 0 Å². The van der Waals surface area contributed by atoms with E-state index in [0.29, 0.717) is 5.02 Å². The molecule has 0 saturated carbocycles. The van der Waals surface area contributed by atoms with Crippen molar-refractivity contribution in [1.29, 1.82) is 0 Å². The molecule has 2 N–H and O–H groups in total. The number of amides is 1. The summed E-state index contributed by atoms with van der Waals surface area (Å²) in [5, 5.41) is 6.91. The lowest BCUT2D eigenvalue weighted by atomic mass is 10.1. The first-order chi connectivity index (χ1) is 11.7. The number of carbonyl (C=O) groups is 1. The van der Waals surface area contributed by atoms with E-state index in [2.05, 4.69) is 10.6 Å². The van der Waals surface area contributed by atoms with Gasteiger partial charge in [0.25, 0.3) is 0 Å². The molecule has 0 aliphatic carbocycles. The molecule has 1 amide bonds. The lowest BCUT2D eigenvalue weighted by Crippen LogP contribution is -2.44. The summed E-state index contributed by atoms with van der Waals surface area (Å²) in [6, 6.07) is 17.8. The highest BCUT2D eigenvalue weighted by Crippen LogP contribution is 2.39. The Labute approximate surface area is 164 Å². The second-order valence-corrected chi connectivity index (χ2v) is 7.43. The van der Waals surface area contributed by atoms with E-state index in [9.17, 15) is 4.79 Å². The summed E-state index contributed by atoms with van der Waals surface area (Å²) in [5.41, 5.74) is 0.994. The van der Waals surface area contributed by atoms with Gasteiger partial charge in [0.15, 0.2) is 0 Å². The molecular weight excluding hydrogens is 375 g/mol. The van der Waals surface area contributed by atoms with Gasteiger partial charge in [-0.1, -0.05) is 54.1 Å². The van der Waals surface area contributed by atoms with E-state index in [4.69, 9.17) is 11.6 Å². The van der Waals surface area contributed by atoms with Crippen LogP contribution in [-0.2, 0) is 4.79 Å². The smallest absolute Gasteiger partial charge is 0.238 e. The predicted octanol–water partition coefficient (Wildman–Crippen LogP) is 4.46. The van der Waals surface area contributed by atoms with Crippen LogP contribution in [0, 0.1) is 0 Å². The molecule has 0 spiro atoms. The Balaban J connectivity index is 0.00000225. The number of nitrogens with one attached hydrogen (secondary N) is 2. The molecule has 1 fully saturated rings. The van der Waals surface area contributed by atoms with Gasteiger partial charge in [0.05, 0.1) is 5.02 Å². The Bertz CT molecular complexity index is 678. The number of piperidine rings is 1. The molecule has 25 heavy (non-hydrogen) atoms. The molecule has 1 aliphatic rings. The lowest BCUT2D eigenvalue weighted by molar-refractivity contribution is -0.121. The van der Waals surface area contributed by atoms with Crippen LogP contribution < -0.4 is 10.6 Å². The summed E-state index contributed by atoms with van der Waals surface area (Å²) in [6.45, 7) is 1.91. The molecule has 1 unspecified atom stereocenters. The van der Waals surface area contributed by atoms with Gasteiger partial charge in [0.1, 0.15) is 5.25 Å². The quantitative estimate of drug-likeness (QED) is 0.732. The average molecular weight is 397 g/mol. The molecule has 1 aliphatic heterocycles. The molecule has 2 aromatic carbocycles. The highest BCUT2D eigenvalue weighted by molar-refractivity contribution is 8.00. The normalized spacial score (nSPS) is 15.9. The van der Waals surface area contributed by atoms with Crippen LogP contribution in [0.2, 0.25) is 5.02 Å². The zero-order valence-corrected chi connectivity index (χ0v) is 16.2. The number of thioether (sulfide) groups is 1. The SMILES string of the molecule is Cl.O=C(NC1CCNCC1)C(Sc1ccccc1Cl)c1ccccc1. The molecule has 1 atom stereocenters. The van der Waals surface area contributed by atoms with Gasteiger partial charge in [-0.2, -0.15) is 0 Å². The van der Waals surface area contributed by atoms with Crippen molar-refractivity contribution in [2.24, 2.45) is 0 Å². The van der Waals surface area contributed by atoms with Gasteiger partial charge in [0, 0.05) is 10.9 Å². The van der Waals surface area contributed by atoms with Crippen LogP contribution in [0.25, 0.3) is 0 Å². The summed E-state index contributed by atoms with van der Waals surface area (Å²) in [7, 11) is 0. The zero-order valence-electron chi connectivity index (χ0n) is 13.8. The first-order valence-corrected chi connectivity index (χ1v) is 9.47. The van der Waals surface area contributed by atoms with Gasteiger partial charge in [-0.25, -0.2) is 0 Å². The molecule has 3 rings (SSSR count). The zero-order chi connectivity index (χ0) is 16.8. The molecule has 1 heterocycles. The van der Waals surface area contributed by atoms with Crippen LogP contribution in [0.5, 0.6) is 0 Å². The Morgan fingerprint density at radius 1 is 1.08 bits per heavy atom. The molecule has 0 bridgehead atoms. The third-order valence-corrected chi connectivity index (χ3v) is 5.88. The molecule has 0 aromatic heterocycles. The van der Waals surface area contributed by atoms with E-state index in [-0.39, 0.29) is 29.6 Å². The predicted molar refractivity (Wildman–Crippen MR) is 108 cm³/mol. The van der Waals surface area contributed by atoms with Crippen molar-refractivity contribution in [3.8, 4) is 0 Å². The number of hydrogen-bond donors (Lipinski definition) is 2. The minimum atomic E-state index is -0.305. The summed E-state index contributed by atoms with van der Waals surface area (Å²) in [6.07, 6.45) is 1.95. The standard InChI is InChI=1S/C19H21ClN2OS.ClH/c20-16-8-4-5-9-17(16)24-18(14-6-2-1-3-7-14)19(23)22-15-10-12-21-13-11-15;/h1-9,15,18,21H,10-13H2,(H,22,23);1H. The Morgan fingerprint density at radius 3 is 2.40 bits per heavy atom. The van der Waals surface area contributed by atoms with E-state index < -0.39 is 0 Å². The number of carbonyl (C=O) groups excluding carboxylic acids is 1. The largest absolute Gasteiger partial charge is 0.352 e. The third kappa shape index (κ3) is 5.65. The molecule has 134 valence electrons. The van der Waals surface area contributed by atoms with Crippen molar-refractivity contribution in [3.05, 3.63) is 65.2 Å². The van der Waals surface area contributed by atoms with Crippen LogP contribution in [0.4, 0.5) is 0 Å². The Kier molecular flexibility index (Phi) is 8.10. The van der Waals surface area contributed by atoms with Crippen LogP contribution in [0.3, 0.4) is 0 Å². The summed E-state index contributed by atoms with van der Waals surface area (Å²) >= 11 is 7.80. The van der Waals surface area contributed by atoms with Crippen molar-refractivity contribution in [2.75, 3.05) is 13.1 Å². The minimum absolute atomic E-state index is 0. The van der Waals surface area contributed by atoms with E-state index in [1.807, 2.05) is 54.6 Å². The third-order valence-electron chi connectivity index (χ3n) is 4.11. The van der Waals surface area contributed by atoms with Gasteiger partial charge in [-0.3, -0.25) is 4.79 Å². The highest BCUT2D eigenvalue weighted by atomic mass is 35.5. The average Bonchev–Trinajstić information content (AvgIpc) is 2.62. The van der Waals surface area contributed by atoms with Crippen LogP contribution in [0.1, 0.15) is 23.7 Å². The van der Waals surface area contributed by atoms with Crippen LogP contribution in [0.15, 0.2) is 59.5 Å². The van der Waals surface area contributed by atoms with Crippen molar-refractivity contribution >= 4 is 41.7 Å². The maximum atomic E-state index is 12.9. The minimum Gasteiger partial charge on any atom is -0.352 e. The van der Waals surface area contributed by atoms with Crippen LogP contribution >= 0.6 is 35.8 Å². The first kappa shape index (κ1) is 20.1. The number of benzene rings is 2. The molecule has 1 saturated heterocycles. The van der Waals surface area contributed by atoms with E-state index in [0.717, 1.165) is 36.4 Å². The first-order valence-electron chi connectivity index (χ1n) is 8.21. The number of halogens is 2. The van der Waals surface area contributed by atoms with Gasteiger partial charge in [-0.15, -0.1) is 24.2 Å². The fourth-order valence-electron chi connectivity index (χ4n) is 2.81. The Hall–Kier alpha value is -1.20. The molecular formula is C19H22Cl2N2OS. The monoisotopic (exact) mass is 396 g/mol. The summed E-state index contributed by atoms with van der Waals surface area (Å²) < 4.78 is 0. The van der Waals surface area contributed by atoms with E-state index in [1.165, 1.54) is 11.8 Å². The van der Waals surface area contributed by atoms with Gasteiger partial charge < -0.3 is 10.6 Å². The topological polar surface area (TPSA) is 41.1 Å². The summed E-state index contributed by atoms with van der Waals surface area (Å²) in [5.74, 6) is 0.0537. The molecule has 2 aromatic rings. The molecule has 6 heteroatoms. The molecule has 3 nitrogen and oxygen atoms in total. The second kappa shape index (κ2) is 10.1. The van der Waals surface area contributed by atoms with Gasteiger partial charge >= 0.3 is 0 Å². The number of hydrogen-bond acceptors (Lipinski definition) is 3. The molecule has 0 radical (unpaired) electrons. The highest BCUT2D eigenvalue weighted by Gasteiger charge is 2.25. The fraction of sp³-hybridized carbons (Fsp3) is 0.316. The fourth-order valence-corrected chi connectivity index (χ4v) is 4.14. The van der Waals surface area contributed by atoms with Crippen molar-refractivity contribution < 1.29 is 4.79 Å². The summed E-state index contributed by atoms with van der Waals surface area (Å²) in [4.78, 5) is 13.9. The Morgan fingerprint density at radius 2 is 1.72 bits per heavy atom. The number of rotatable bonds is 5. The van der Waals surface area contributed by atoms with E-state index in [1.54, 1.807) is 0 Å². The van der Waals surface area contributed by atoms with Crippen molar-refractivity contribution in [1.82, 2.24) is 10.6 Å². The lowest BCUT2D eigenvalue weighted by Gasteiger charge is -2.26. The maximum Gasteiger partial charge on any atom is 0.238 e. The van der Waals surface area contributed by atoms with Gasteiger partial charge in [0.2, 0.25) is 5.91 Å². The van der Waals surface area contributed by atoms with Gasteiger partial charge in [-0.05, 0) is 43.6 Å². The van der Waals surface area contributed by atoms with Crippen LogP contribution in [-0.4, -0.2) is 25.0 Å².